The van der Waals surface area contributed by atoms with Crippen LogP contribution in [-0.2, 0) is 0 Å². The van der Waals surface area contributed by atoms with E-state index in [4.69, 9.17) is 4.74 Å². The van der Waals surface area contributed by atoms with Crippen LogP contribution < -0.4 is 10.1 Å². The molecule has 0 aliphatic rings. The predicted octanol–water partition coefficient (Wildman–Crippen LogP) is 4.64. The van der Waals surface area contributed by atoms with E-state index in [0.717, 1.165) is 0 Å². The summed E-state index contributed by atoms with van der Waals surface area (Å²) < 4.78 is 19.5. The first kappa shape index (κ1) is 15.2. The monoisotopic (exact) mass is 354 g/mol. The van der Waals surface area contributed by atoms with Gasteiger partial charge in [-0.1, -0.05) is 15.9 Å². The van der Waals surface area contributed by atoms with Gasteiger partial charge in [0.1, 0.15) is 5.69 Å². The Morgan fingerprint density at radius 1 is 1.33 bits per heavy atom. The van der Waals surface area contributed by atoms with Crippen LogP contribution in [0.5, 0.6) is 5.75 Å². The summed E-state index contributed by atoms with van der Waals surface area (Å²) in [5.74, 6) is -0.380. The molecule has 110 valence electrons. The molecular weight excluding hydrogens is 343 g/mol. The first-order valence-corrected chi connectivity index (χ1v) is 6.94. The summed E-state index contributed by atoms with van der Waals surface area (Å²) in [5.41, 5.74) is 0.590. The molecule has 0 aliphatic carbocycles. The van der Waals surface area contributed by atoms with Crippen LogP contribution in [0.15, 0.2) is 40.9 Å². The molecule has 0 atom stereocenters. The number of benzene rings is 2. The lowest BCUT2D eigenvalue weighted by atomic mass is 10.2. The van der Waals surface area contributed by atoms with E-state index in [9.17, 15) is 14.5 Å². The molecule has 2 aromatic carbocycles. The fourth-order valence-electron chi connectivity index (χ4n) is 1.77. The summed E-state index contributed by atoms with van der Waals surface area (Å²) in [6, 6.07) is 8.91. The molecule has 0 unspecified atom stereocenters. The first-order chi connectivity index (χ1) is 10.0. The SMILES string of the molecule is CCOc1ccc(Nc2ccc(Br)cc2[N+](=O)[O-])cc1F. The van der Waals surface area contributed by atoms with Crippen LogP contribution in [0.25, 0.3) is 0 Å². The van der Waals surface area contributed by atoms with E-state index in [-0.39, 0.29) is 17.1 Å². The molecule has 0 bridgehead atoms. The summed E-state index contributed by atoms with van der Waals surface area (Å²) in [4.78, 5) is 10.5. The third-order valence-corrected chi connectivity index (χ3v) is 3.16. The standard InChI is InChI=1S/C14H12BrFN2O3/c1-2-21-14-6-4-10(8-11(14)16)17-12-5-3-9(15)7-13(12)18(19)20/h3-8,17H,2H2,1H3. The number of ether oxygens (including phenoxy) is 1. The minimum Gasteiger partial charge on any atom is -0.491 e. The minimum atomic E-state index is -0.526. The summed E-state index contributed by atoms with van der Waals surface area (Å²) in [6.45, 7) is 2.12. The second kappa shape index (κ2) is 6.53. The molecule has 0 heterocycles. The molecule has 0 radical (unpaired) electrons. The van der Waals surface area contributed by atoms with Crippen LogP contribution in [-0.4, -0.2) is 11.5 Å². The average Bonchev–Trinajstić information content (AvgIpc) is 2.44. The van der Waals surface area contributed by atoms with Gasteiger partial charge in [-0.05, 0) is 31.2 Å². The van der Waals surface area contributed by atoms with Gasteiger partial charge < -0.3 is 10.1 Å². The number of anilines is 2. The normalized spacial score (nSPS) is 10.2. The van der Waals surface area contributed by atoms with E-state index in [2.05, 4.69) is 21.2 Å². The Morgan fingerprint density at radius 3 is 2.71 bits per heavy atom. The molecule has 0 aliphatic heterocycles. The van der Waals surface area contributed by atoms with Crippen molar-refractivity contribution < 1.29 is 14.1 Å². The lowest BCUT2D eigenvalue weighted by Gasteiger charge is -2.10. The van der Waals surface area contributed by atoms with Gasteiger partial charge in [-0.2, -0.15) is 0 Å². The third kappa shape index (κ3) is 3.69. The highest BCUT2D eigenvalue weighted by molar-refractivity contribution is 9.10. The Kier molecular flexibility index (Phi) is 4.74. The van der Waals surface area contributed by atoms with Crippen LogP contribution in [0.4, 0.5) is 21.5 Å². The second-order valence-corrected chi connectivity index (χ2v) is 5.04. The van der Waals surface area contributed by atoms with Gasteiger partial charge in [0.05, 0.1) is 11.5 Å². The van der Waals surface area contributed by atoms with E-state index in [1.807, 2.05) is 0 Å². The summed E-state index contributed by atoms with van der Waals surface area (Å²) in [5, 5.41) is 13.9. The van der Waals surface area contributed by atoms with Gasteiger partial charge in [0.25, 0.3) is 5.69 Å². The zero-order valence-electron chi connectivity index (χ0n) is 11.1. The van der Waals surface area contributed by atoms with Crippen molar-refractivity contribution in [1.82, 2.24) is 0 Å². The van der Waals surface area contributed by atoms with Crippen molar-refractivity contribution in [2.75, 3.05) is 11.9 Å². The molecule has 0 saturated heterocycles. The highest BCUT2D eigenvalue weighted by atomic mass is 79.9. The van der Waals surface area contributed by atoms with E-state index >= 15 is 0 Å². The minimum absolute atomic E-state index is 0.0985. The van der Waals surface area contributed by atoms with Crippen molar-refractivity contribution >= 4 is 33.0 Å². The smallest absolute Gasteiger partial charge is 0.293 e. The van der Waals surface area contributed by atoms with Gasteiger partial charge in [0, 0.05) is 22.3 Å². The number of hydrogen-bond acceptors (Lipinski definition) is 4. The van der Waals surface area contributed by atoms with Crippen LogP contribution in [0, 0.1) is 15.9 Å². The lowest BCUT2D eigenvalue weighted by molar-refractivity contribution is -0.384. The van der Waals surface area contributed by atoms with Crippen molar-refractivity contribution in [2.24, 2.45) is 0 Å². The molecule has 21 heavy (non-hydrogen) atoms. The zero-order chi connectivity index (χ0) is 15.4. The van der Waals surface area contributed by atoms with Crippen LogP contribution in [0.1, 0.15) is 6.92 Å². The Bertz CT molecular complexity index is 679. The molecule has 0 aromatic heterocycles. The molecule has 0 saturated carbocycles. The fraction of sp³-hybridized carbons (Fsp3) is 0.143. The maximum Gasteiger partial charge on any atom is 0.293 e. The van der Waals surface area contributed by atoms with Crippen LogP contribution in [0.2, 0.25) is 0 Å². The number of rotatable bonds is 5. The number of hydrogen-bond donors (Lipinski definition) is 1. The molecule has 2 rings (SSSR count). The second-order valence-electron chi connectivity index (χ2n) is 4.12. The highest BCUT2D eigenvalue weighted by Gasteiger charge is 2.15. The third-order valence-electron chi connectivity index (χ3n) is 2.67. The van der Waals surface area contributed by atoms with E-state index in [1.165, 1.54) is 18.2 Å². The highest BCUT2D eigenvalue weighted by Crippen LogP contribution is 2.31. The number of nitrogens with one attached hydrogen (secondary N) is 1. The molecule has 7 heteroatoms. The Labute approximate surface area is 129 Å². The largest absolute Gasteiger partial charge is 0.491 e. The van der Waals surface area contributed by atoms with Crippen molar-refractivity contribution in [2.45, 2.75) is 6.92 Å². The van der Waals surface area contributed by atoms with Crippen molar-refractivity contribution in [3.05, 3.63) is 56.8 Å². The number of nitro benzene ring substituents is 1. The van der Waals surface area contributed by atoms with Gasteiger partial charge >= 0.3 is 0 Å². The van der Waals surface area contributed by atoms with Crippen LogP contribution in [0.3, 0.4) is 0 Å². The molecule has 0 fully saturated rings. The summed E-state index contributed by atoms with van der Waals surface area (Å²) in [6.07, 6.45) is 0. The average molecular weight is 355 g/mol. The summed E-state index contributed by atoms with van der Waals surface area (Å²) >= 11 is 3.18. The van der Waals surface area contributed by atoms with E-state index < -0.39 is 10.7 Å². The lowest BCUT2D eigenvalue weighted by Crippen LogP contribution is -1.99. The molecular formula is C14H12BrFN2O3. The van der Waals surface area contributed by atoms with Gasteiger partial charge in [-0.25, -0.2) is 4.39 Å². The number of nitro groups is 1. The molecule has 0 amide bonds. The maximum atomic E-state index is 13.8. The molecule has 5 nitrogen and oxygen atoms in total. The van der Waals surface area contributed by atoms with Crippen molar-refractivity contribution in [1.29, 1.82) is 0 Å². The molecule has 1 N–H and O–H groups in total. The number of halogens is 2. The van der Waals surface area contributed by atoms with Gasteiger partial charge in [-0.3, -0.25) is 10.1 Å². The fourth-order valence-corrected chi connectivity index (χ4v) is 2.12. The van der Waals surface area contributed by atoms with E-state index in [1.54, 1.807) is 25.1 Å². The number of nitrogens with zero attached hydrogens (tertiary/aromatic N) is 1. The maximum absolute atomic E-state index is 13.8. The van der Waals surface area contributed by atoms with Crippen molar-refractivity contribution in [3.8, 4) is 5.75 Å². The van der Waals surface area contributed by atoms with Crippen molar-refractivity contribution in [3.63, 3.8) is 0 Å². The first-order valence-electron chi connectivity index (χ1n) is 6.14. The van der Waals surface area contributed by atoms with E-state index in [0.29, 0.717) is 16.8 Å². The predicted molar refractivity (Wildman–Crippen MR) is 81.6 cm³/mol. The molecule has 2 aromatic rings. The molecule has 0 spiro atoms. The zero-order valence-corrected chi connectivity index (χ0v) is 12.7. The summed E-state index contributed by atoms with van der Waals surface area (Å²) in [7, 11) is 0. The van der Waals surface area contributed by atoms with Gasteiger partial charge in [0.2, 0.25) is 0 Å². The van der Waals surface area contributed by atoms with Gasteiger partial charge in [-0.15, -0.1) is 0 Å². The Hall–Kier alpha value is -2.15. The Balaban J connectivity index is 2.30. The van der Waals surface area contributed by atoms with Gasteiger partial charge in [0.15, 0.2) is 11.6 Å². The quantitative estimate of drug-likeness (QED) is 0.627. The topological polar surface area (TPSA) is 64.4 Å². The van der Waals surface area contributed by atoms with Crippen LogP contribution >= 0.6 is 15.9 Å². The Morgan fingerprint density at radius 2 is 2.10 bits per heavy atom.